The second-order valence-corrected chi connectivity index (χ2v) is 15.7. The number of rotatable bonds is 10. The molecule has 15 heteroatoms. The van der Waals surface area contributed by atoms with Crippen LogP contribution < -0.4 is 16.0 Å². The van der Waals surface area contributed by atoms with Crippen molar-refractivity contribution < 1.29 is 33.4 Å². The fraction of sp³-hybridized carbons (Fsp3) is 0.237. The van der Waals surface area contributed by atoms with Crippen LogP contribution in [-0.4, -0.2) is 59.7 Å². The molecule has 3 aromatic carbocycles. The Morgan fingerprint density at radius 1 is 0.943 bits per heavy atom. The number of benzene rings is 3. The van der Waals surface area contributed by atoms with Crippen molar-refractivity contribution in [2.45, 2.75) is 44.2 Å². The highest BCUT2D eigenvalue weighted by atomic mass is 35.5. The standard InChI is InChI=1S/C38H36Cl2N4O7S2/c1-38(2,3)51-37(49)44-17-16-25-30(20-44)53-35(32(25)36(48)50-4)43-31(45)21-52-24-13-8-12-23(18-24)41-34(47)29(19-26-27(39)14-9-15-28(26)40)42-33(46)22-10-6-5-7-11-22/h5-15,18-19H,16-17,20-21H2,1-4H3,(H,41,47)(H,42,46)(H,43,45)/b29-19+. The van der Waals surface area contributed by atoms with Crippen LogP contribution in [0.3, 0.4) is 0 Å². The summed E-state index contributed by atoms with van der Waals surface area (Å²) in [5.41, 5.74) is 1.36. The quantitative estimate of drug-likeness (QED) is 0.0828. The molecule has 0 atom stereocenters. The van der Waals surface area contributed by atoms with Crippen molar-refractivity contribution >= 4 is 92.8 Å². The lowest BCUT2D eigenvalue weighted by Gasteiger charge is -2.30. The molecule has 5 rings (SSSR count). The minimum Gasteiger partial charge on any atom is -0.465 e. The Morgan fingerprint density at radius 3 is 2.32 bits per heavy atom. The number of carbonyl (C=O) groups excluding carboxylic acids is 5. The summed E-state index contributed by atoms with van der Waals surface area (Å²) in [7, 11) is 1.28. The number of nitrogens with one attached hydrogen (secondary N) is 3. The van der Waals surface area contributed by atoms with Crippen molar-refractivity contribution in [2.75, 3.05) is 30.0 Å². The van der Waals surface area contributed by atoms with E-state index < -0.39 is 29.5 Å². The molecule has 1 aliphatic heterocycles. The molecule has 0 spiro atoms. The average molecular weight is 796 g/mol. The van der Waals surface area contributed by atoms with Crippen molar-refractivity contribution in [3.8, 4) is 0 Å². The zero-order valence-electron chi connectivity index (χ0n) is 29.2. The van der Waals surface area contributed by atoms with Gasteiger partial charge >= 0.3 is 12.1 Å². The van der Waals surface area contributed by atoms with E-state index >= 15 is 0 Å². The highest BCUT2D eigenvalue weighted by Crippen LogP contribution is 2.38. The summed E-state index contributed by atoms with van der Waals surface area (Å²) in [5, 5.41) is 9.22. The third-order valence-electron chi connectivity index (χ3n) is 7.63. The summed E-state index contributed by atoms with van der Waals surface area (Å²) in [5.74, 6) is -2.11. The number of esters is 1. The first-order chi connectivity index (χ1) is 25.2. The Kier molecular flexibility index (Phi) is 12.9. The highest BCUT2D eigenvalue weighted by Gasteiger charge is 2.32. The monoisotopic (exact) mass is 794 g/mol. The summed E-state index contributed by atoms with van der Waals surface area (Å²) >= 11 is 15.2. The van der Waals surface area contributed by atoms with Crippen molar-refractivity contribution in [2.24, 2.45) is 0 Å². The summed E-state index contributed by atoms with van der Waals surface area (Å²) in [6, 6.07) is 20.2. The molecule has 0 saturated heterocycles. The third kappa shape index (κ3) is 10.4. The van der Waals surface area contributed by atoms with Crippen LogP contribution in [0.2, 0.25) is 10.0 Å². The Balaban J connectivity index is 1.27. The lowest BCUT2D eigenvalue weighted by Crippen LogP contribution is -2.39. The van der Waals surface area contributed by atoms with E-state index in [0.717, 1.165) is 10.4 Å². The first kappa shape index (κ1) is 39.4. The maximum Gasteiger partial charge on any atom is 0.410 e. The number of anilines is 2. The van der Waals surface area contributed by atoms with Gasteiger partial charge in [-0.05, 0) is 81.3 Å². The molecule has 2 heterocycles. The summed E-state index contributed by atoms with van der Waals surface area (Å²) < 4.78 is 10.6. The van der Waals surface area contributed by atoms with E-state index in [-0.39, 0.29) is 39.5 Å². The molecule has 0 unspecified atom stereocenters. The molecule has 0 saturated carbocycles. The third-order valence-corrected chi connectivity index (χ3v) is 10.4. The van der Waals surface area contributed by atoms with E-state index in [1.165, 1.54) is 36.3 Å². The van der Waals surface area contributed by atoms with Gasteiger partial charge in [0.15, 0.2) is 0 Å². The van der Waals surface area contributed by atoms with Crippen LogP contribution in [0.5, 0.6) is 0 Å². The van der Waals surface area contributed by atoms with Crippen molar-refractivity contribution in [1.29, 1.82) is 0 Å². The van der Waals surface area contributed by atoms with Crippen LogP contribution in [-0.2, 0) is 32.0 Å². The summed E-state index contributed by atoms with van der Waals surface area (Å²) in [6.07, 6.45) is 1.35. The van der Waals surface area contributed by atoms with Gasteiger partial charge in [0.05, 0.1) is 25.0 Å². The molecule has 0 radical (unpaired) electrons. The Labute approximate surface area is 325 Å². The average Bonchev–Trinajstić information content (AvgIpc) is 3.48. The molecule has 0 fully saturated rings. The topological polar surface area (TPSA) is 143 Å². The van der Waals surface area contributed by atoms with Crippen LogP contribution in [0.25, 0.3) is 6.08 Å². The Morgan fingerprint density at radius 2 is 1.64 bits per heavy atom. The second kappa shape index (κ2) is 17.3. The van der Waals surface area contributed by atoms with Gasteiger partial charge < -0.3 is 30.3 Å². The summed E-state index contributed by atoms with van der Waals surface area (Å²) in [6.45, 7) is 5.97. The summed E-state index contributed by atoms with van der Waals surface area (Å²) in [4.78, 5) is 68.3. The zero-order valence-corrected chi connectivity index (χ0v) is 32.4. The van der Waals surface area contributed by atoms with Crippen molar-refractivity contribution in [3.63, 3.8) is 0 Å². The van der Waals surface area contributed by atoms with Gasteiger partial charge in [-0.15, -0.1) is 23.1 Å². The fourth-order valence-corrected chi connectivity index (χ4v) is 7.73. The smallest absolute Gasteiger partial charge is 0.410 e. The Bertz CT molecular complexity index is 2060. The Hall–Kier alpha value is -4.82. The zero-order chi connectivity index (χ0) is 38.3. The van der Waals surface area contributed by atoms with Gasteiger partial charge in [0.25, 0.3) is 11.8 Å². The molecule has 53 heavy (non-hydrogen) atoms. The van der Waals surface area contributed by atoms with E-state index in [0.29, 0.717) is 39.7 Å². The van der Waals surface area contributed by atoms with Crippen molar-refractivity contribution in [3.05, 3.63) is 116 Å². The number of hydrogen-bond donors (Lipinski definition) is 3. The van der Waals surface area contributed by atoms with Gasteiger partial charge in [0.1, 0.15) is 16.3 Å². The van der Waals surface area contributed by atoms with E-state index in [1.807, 2.05) is 0 Å². The number of hydrogen-bond acceptors (Lipinski definition) is 9. The van der Waals surface area contributed by atoms with E-state index in [9.17, 15) is 24.0 Å². The van der Waals surface area contributed by atoms with Crippen LogP contribution in [0.15, 0.2) is 83.4 Å². The molecule has 0 bridgehead atoms. The number of carbonyl (C=O) groups is 5. The lowest BCUT2D eigenvalue weighted by molar-refractivity contribution is -0.114. The molecule has 4 amide bonds. The molecule has 276 valence electrons. The van der Waals surface area contributed by atoms with Gasteiger partial charge in [0.2, 0.25) is 5.91 Å². The number of ether oxygens (including phenoxy) is 2. The predicted molar refractivity (Wildman–Crippen MR) is 209 cm³/mol. The maximum absolute atomic E-state index is 13.6. The number of nitrogens with zero attached hydrogens (tertiary/aromatic N) is 1. The van der Waals surface area contributed by atoms with Gasteiger partial charge in [-0.2, -0.15) is 0 Å². The number of thiophene rings is 1. The maximum atomic E-state index is 13.6. The van der Waals surface area contributed by atoms with Crippen LogP contribution >= 0.6 is 46.3 Å². The fourth-order valence-electron chi connectivity index (χ4n) is 5.20. The molecular formula is C38H36Cl2N4O7S2. The molecule has 1 aromatic heterocycles. The normalized spacial score (nSPS) is 12.7. The number of thioether (sulfide) groups is 1. The highest BCUT2D eigenvalue weighted by molar-refractivity contribution is 8.00. The largest absolute Gasteiger partial charge is 0.465 e. The number of halogens is 2. The van der Waals surface area contributed by atoms with Gasteiger partial charge in [-0.3, -0.25) is 14.4 Å². The predicted octanol–water partition coefficient (Wildman–Crippen LogP) is 8.28. The number of methoxy groups -OCH3 is 1. The van der Waals surface area contributed by atoms with E-state index in [2.05, 4.69) is 16.0 Å². The first-order valence-electron chi connectivity index (χ1n) is 16.3. The molecule has 11 nitrogen and oxygen atoms in total. The second-order valence-electron chi connectivity index (χ2n) is 12.7. The number of fused-ring (bicyclic) bond motifs is 1. The van der Waals surface area contributed by atoms with Crippen LogP contribution in [0.4, 0.5) is 15.5 Å². The molecule has 1 aliphatic rings. The van der Waals surface area contributed by atoms with E-state index in [4.69, 9.17) is 32.7 Å². The minimum absolute atomic E-state index is 0.0199. The molecule has 3 N–H and O–H groups in total. The van der Waals surface area contributed by atoms with Gasteiger partial charge in [-0.1, -0.05) is 53.5 Å². The molecule has 4 aromatic rings. The SMILES string of the molecule is COC(=O)c1c(NC(=O)CSc2cccc(NC(=O)/C(=C\c3c(Cl)cccc3Cl)NC(=O)c3ccccc3)c2)sc2c1CCN(C(=O)OC(C)(C)C)C2. The number of amides is 4. The first-order valence-corrected chi connectivity index (χ1v) is 18.8. The van der Waals surface area contributed by atoms with Gasteiger partial charge in [0, 0.05) is 43.2 Å². The van der Waals surface area contributed by atoms with E-state index in [1.54, 1.807) is 98.5 Å². The van der Waals surface area contributed by atoms with Crippen LogP contribution in [0.1, 0.15) is 57.5 Å². The molecule has 0 aliphatic carbocycles. The van der Waals surface area contributed by atoms with Gasteiger partial charge in [-0.25, -0.2) is 9.59 Å². The van der Waals surface area contributed by atoms with Crippen molar-refractivity contribution in [1.82, 2.24) is 10.2 Å². The molecular weight excluding hydrogens is 759 g/mol. The lowest BCUT2D eigenvalue weighted by atomic mass is 10.0. The minimum atomic E-state index is -0.655. The van der Waals surface area contributed by atoms with Crippen LogP contribution in [0, 0.1) is 0 Å².